The van der Waals surface area contributed by atoms with Crippen molar-refractivity contribution in [3.63, 3.8) is 0 Å². The molecule has 0 aliphatic carbocycles. The van der Waals surface area contributed by atoms with E-state index in [4.69, 9.17) is 9.47 Å². The number of amides is 1. The van der Waals surface area contributed by atoms with Crippen molar-refractivity contribution in [1.29, 1.82) is 0 Å². The number of fused-ring (bicyclic) bond motifs is 1. The predicted molar refractivity (Wildman–Crippen MR) is 127 cm³/mol. The van der Waals surface area contributed by atoms with E-state index in [-0.39, 0.29) is 29.4 Å². The van der Waals surface area contributed by atoms with Gasteiger partial charge in [-0.25, -0.2) is 18.1 Å². The number of hydrogen-bond donors (Lipinski definition) is 2. The highest BCUT2D eigenvalue weighted by atomic mass is 32.2. The van der Waals surface area contributed by atoms with Gasteiger partial charge in [-0.3, -0.25) is 9.20 Å². The van der Waals surface area contributed by atoms with Gasteiger partial charge < -0.3 is 14.8 Å². The molecule has 0 spiro atoms. The molecule has 0 aliphatic rings. The lowest BCUT2D eigenvalue weighted by Crippen LogP contribution is -2.28. The highest BCUT2D eigenvalue weighted by molar-refractivity contribution is 7.89. The Morgan fingerprint density at radius 2 is 1.94 bits per heavy atom. The molecular weight excluding hydrogens is 464 g/mol. The van der Waals surface area contributed by atoms with Crippen molar-refractivity contribution in [1.82, 2.24) is 14.1 Å². The van der Waals surface area contributed by atoms with E-state index in [9.17, 15) is 13.2 Å². The Bertz CT molecular complexity index is 1350. The van der Waals surface area contributed by atoms with Crippen LogP contribution in [0.4, 0.5) is 5.69 Å². The van der Waals surface area contributed by atoms with Crippen molar-refractivity contribution in [2.45, 2.75) is 4.90 Å². The minimum absolute atomic E-state index is 0.0967. The topological polar surface area (TPSA) is 111 Å². The Labute approximate surface area is 195 Å². The summed E-state index contributed by atoms with van der Waals surface area (Å²) < 4.78 is 39.7. The summed E-state index contributed by atoms with van der Waals surface area (Å²) in [6.07, 6.45) is 3.89. The second-order valence-corrected chi connectivity index (χ2v) is 9.62. The Balaban J connectivity index is 1.51. The number of benzene rings is 2. The maximum absolute atomic E-state index is 12.8. The van der Waals surface area contributed by atoms with E-state index in [1.165, 1.54) is 32.4 Å². The third-order valence-corrected chi connectivity index (χ3v) is 7.10. The number of methoxy groups -OCH3 is 2. The van der Waals surface area contributed by atoms with E-state index in [2.05, 4.69) is 15.0 Å². The quantitative estimate of drug-likeness (QED) is 0.352. The van der Waals surface area contributed by atoms with Crippen LogP contribution in [0.1, 0.15) is 10.4 Å². The standard InChI is InChI=1S/C22H22N4O5S2/c1-30-11-9-23-33(28,29)20-13-16(5-8-19(20)31-2)21(27)24-17-6-3-15(4-7-17)18-14-26-10-12-32-22(26)25-18/h3-8,10,12-14,23H,9,11H2,1-2H3,(H,24,27). The van der Waals surface area contributed by atoms with Crippen LogP contribution in [0.5, 0.6) is 5.75 Å². The summed E-state index contributed by atoms with van der Waals surface area (Å²) >= 11 is 1.56. The number of rotatable bonds is 9. The number of ether oxygens (including phenoxy) is 2. The first-order chi connectivity index (χ1) is 15.9. The van der Waals surface area contributed by atoms with Crippen LogP contribution in [0.2, 0.25) is 0 Å². The van der Waals surface area contributed by atoms with Crippen molar-refractivity contribution in [3.05, 3.63) is 65.8 Å². The zero-order chi connectivity index (χ0) is 23.4. The molecule has 172 valence electrons. The zero-order valence-electron chi connectivity index (χ0n) is 17.9. The van der Waals surface area contributed by atoms with Gasteiger partial charge in [0.2, 0.25) is 10.0 Å². The Morgan fingerprint density at radius 1 is 1.15 bits per heavy atom. The van der Waals surface area contributed by atoms with Crippen molar-refractivity contribution in [2.75, 3.05) is 32.7 Å². The molecular formula is C22H22N4O5S2. The number of nitrogens with zero attached hydrogens (tertiary/aromatic N) is 2. The van der Waals surface area contributed by atoms with E-state index >= 15 is 0 Å². The normalized spacial score (nSPS) is 11.6. The highest BCUT2D eigenvalue weighted by Crippen LogP contribution is 2.26. The van der Waals surface area contributed by atoms with Gasteiger partial charge in [-0.1, -0.05) is 12.1 Å². The summed E-state index contributed by atoms with van der Waals surface area (Å²) in [7, 11) is -1.04. The maximum atomic E-state index is 12.8. The summed E-state index contributed by atoms with van der Waals surface area (Å²) in [5.74, 6) is -0.304. The molecule has 9 nitrogen and oxygen atoms in total. The number of aromatic nitrogens is 2. The molecule has 0 saturated carbocycles. The molecule has 2 N–H and O–H groups in total. The monoisotopic (exact) mass is 486 g/mol. The van der Waals surface area contributed by atoms with Crippen LogP contribution in [-0.2, 0) is 14.8 Å². The third-order valence-electron chi connectivity index (χ3n) is 4.85. The predicted octanol–water partition coefficient (Wildman–Crippen LogP) is 3.25. The number of imidazole rings is 1. The van der Waals surface area contributed by atoms with Crippen molar-refractivity contribution in [2.24, 2.45) is 0 Å². The minimum Gasteiger partial charge on any atom is -0.495 e. The van der Waals surface area contributed by atoms with E-state index in [1.807, 2.05) is 34.3 Å². The summed E-state index contributed by atoms with van der Waals surface area (Å²) in [5.41, 5.74) is 2.51. The largest absolute Gasteiger partial charge is 0.495 e. The molecule has 0 bridgehead atoms. The van der Waals surface area contributed by atoms with Gasteiger partial charge >= 0.3 is 0 Å². The Kier molecular flexibility index (Phi) is 6.75. The molecule has 0 atom stereocenters. The summed E-state index contributed by atoms with van der Waals surface area (Å²) in [6.45, 7) is 0.314. The summed E-state index contributed by atoms with van der Waals surface area (Å²) in [6, 6.07) is 11.5. The smallest absolute Gasteiger partial charge is 0.255 e. The molecule has 0 radical (unpaired) electrons. The van der Waals surface area contributed by atoms with Crippen LogP contribution in [0.15, 0.2) is 65.1 Å². The van der Waals surface area contributed by atoms with Gasteiger partial charge in [-0.15, -0.1) is 11.3 Å². The van der Waals surface area contributed by atoms with Crippen LogP contribution in [0.3, 0.4) is 0 Å². The molecule has 1 amide bonds. The number of thiazole rings is 1. The second-order valence-electron chi connectivity index (χ2n) is 7.01. The van der Waals surface area contributed by atoms with Gasteiger partial charge in [0, 0.05) is 48.2 Å². The first-order valence-electron chi connectivity index (χ1n) is 9.92. The first kappa shape index (κ1) is 22.9. The molecule has 2 aromatic carbocycles. The van der Waals surface area contributed by atoms with Gasteiger partial charge in [0.05, 0.1) is 19.4 Å². The van der Waals surface area contributed by atoms with Crippen LogP contribution in [0.25, 0.3) is 16.2 Å². The molecule has 11 heteroatoms. The van der Waals surface area contributed by atoms with E-state index in [0.29, 0.717) is 5.69 Å². The molecule has 33 heavy (non-hydrogen) atoms. The second kappa shape index (κ2) is 9.71. The SMILES string of the molecule is COCCNS(=O)(=O)c1cc(C(=O)Nc2ccc(-c3cn4ccsc4n3)cc2)ccc1OC. The lowest BCUT2D eigenvalue weighted by molar-refractivity contribution is 0.102. The molecule has 0 fully saturated rings. The fourth-order valence-corrected chi connectivity index (χ4v) is 5.08. The maximum Gasteiger partial charge on any atom is 0.255 e. The molecule has 0 saturated heterocycles. The van der Waals surface area contributed by atoms with Crippen LogP contribution in [-0.4, -0.2) is 51.1 Å². The molecule has 0 aliphatic heterocycles. The van der Waals surface area contributed by atoms with Gasteiger partial charge in [0.25, 0.3) is 5.91 Å². The van der Waals surface area contributed by atoms with Gasteiger partial charge in [-0.05, 0) is 30.3 Å². The fourth-order valence-electron chi connectivity index (χ4n) is 3.18. The van der Waals surface area contributed by atoms with E-state index in [1.54, 1.807) is 23.5 Å². The molecule has 4 aromatic rings. The number of hydrogen-bond acceptors (Lipinski definition) is 7. The molecule has 2 aromatic heterocycles. The third kappa shape index (κ3) is 5.06. The number of sulfonamides is 1. The van der Waals surface area contributed by atoms with Crippen molar-refractivity contribution < 1.29 is 22.7 Å². The molecule has 0 unspecified atom stereocenters. The van der Waals surface area contributed by atoms with E-state index in [0.717, 1.165) is 16.2 Å². The van der Waals surface area contributed by atoms with E-state index < -0.39 is 15.9 Å². The lowest BCUT2D eigenvalue weighted by atomic mass is 10.1. The summed E-state index contributed by atoms with van der Waals surface area (Å²) in [5, 5.41) is 4.76. The fraction of sp³-hybridized carbons (Fsp3) is 0.182. The average Bonchev–Trinajstić information content (AvgIpc) is 3.42. The van der Waals surface area contributed by atoms with Gasteiger partial charge in [0.1, 0.15) is 10.6 Å². The van der Waals surface area contributed by atoms with Crippen molar-refractivity contribution >= 4 is 37.9 Å². The Hall–Kier alpha value is -3.25. The summed E-state index contributed by atoms with van der Waals surface area (Å²) in [4.78, 5) is 18.1. The average molecular weight is 487 g/mol. The molecule has 2 heterocycles. The lowest BCUT2D eigenvalue weighted by Gasteiger charge is -2.12. The van der Waals surface area contributed by atoms with Gasteiger partial charge in [0.15, 0.2) is 4.96 Å². The number of carbonyl (C=O) groups is 1. The number of anilines is 1. The zero-order valence-corrected chi connectivity index (χ0v) is 19.6. The van der Waals surface area contributed by atoms with Crippen molar-refractivity contribution in [3.8, 4) is 17.0 Å². The van der Waals surface area contributed by atoms with Crippen LogP contribution >= 0.6 is 11.3 Å². The van der Waals surface area contributed by atoms with Crippen LogP contribution < -0.4 is 14.8 Å². The number of carbonyl (C=O) groups excluding carboxylic acids is 1. The Morgan fingerprint density at radius 3 is 2.64 bits per heavy atom. The van der Waals surface area contributed by atoms with Gasteiger partial charge in [-0.2, -0.15) is 0 Å². The highest BCUT2D eigenvalue weighted by Gasteiger charge is 2.21. The number of nitrogens with one attached hydrogen (secondary N) is 2. The molecule has 4 rings (SSSR count). The minimum atomic E-state index is -3.89. The first-order valence-corrected chi connectivity index (χ1v) is 12.3. The van der Waals surface area contributed by atoms with Crippen LogP contribution in [0, 0.1) is 0 Å².